The summed E-state index contributed by atoms with van der Waals surface area (Å²) in [6.45, 7) is 3.07. The van der Waals surface area contributed by atoms with Gasteiger partial charge in [0.25, 0.3) is 5.69 Å². The first kappa shape index (κ1) is 13.6. The van der Waals surface area contributed by atoms with E-state index < -0.39 is 0 Å². The number of nitro groups is 1. The first-order valence-corrected chi connectivity index (χ1v) is 5.22. The van der Waals surface area contributed by atoms with E-state index in [1.54, 1.807) is 26.2 Å². The van der Waals surface area contributed by atoms with Crippen LogP contribution < -0.4 is 5.48 Å². The summed E-state index contributed by atoms with van der Waals surface area (Å²) in [5.41, 5.74) is 4.30. The summed E-state index contributed by atoms with van der Waals surface area (Å²) in [5, 5.41) is 10.7. The highest BCUT2D eigenvalue weighted by Gasteiger charge is 2.10. The molecule has 6 heteroatoms. The molecule has 1 rings (SSSR count). The summed E-state index contributed by atoms with van der Waals surface area (Å²) < 4.78 is 4.81. The lowest BCUT2D eigenvalue weighted by atomic mass is 10.1. The third-order valence-corrected chi connectivity index (χ3v) is 2.24. The summed E-state index contributed by atoms with van der Waals surface area (Å²) >= 11 is 0. The smallest absolute Gasteiger partial charge is 0.272 e. The van der Waals surface area contributed by atoms with E-state index >= 15 is 0 Å². The minimum absolute atomic E-state index is 0.126. The molecule has 0 saturated heterocycles. The van der Waals surface area contributed by atoms with Crippen LogP contribution in [0.5, 0.6) is 0 Å². The molecule has 0 aromatic heterocycles. The summed E-state index contributed by atoms with van der Waals surface area (Å²) in [5.74, 6) is 0. The van der Waals surface area contributed by atoms with Crippen LogP contribution in [0.2, 0.25) is 0 Å². The Morgan fingerprint density at radius 2 is 2.18 bits per heavy atom. The third-order valence-electron chi connectivity index (χ3n) is 2.24. The van der Waals surface area contributed by atoms with Gasteiger partial charge in [-0.15, -0.1) is 0 Å². The van der Waals surface area contributed by atoms with Crippen molar-refractivity contribution in [1.29, 1.82) is 0 Å². The molecule has 1 N–H and O–H groups in total. The van der Waals surface area contributed by atoms with Gasteiger partial charge in [-0.1, -0.05) is 12.1 Å². The number of nitrogens with one attached hydrogen (secondary N) is 1. The van der Waals surface area contributed by atoms with Crippen molar-refractivity contribution in [3.05, 3.63) is 39.4 Å². The van der Waals surface area contributed by atoms with E-state index in [1.807, 2.05) is 6.07 Å². The Balaban J connectivity index is 2.49. The number of benzene rings is 1. The van der Waals surface area contributed by atoms with Gasteiger partial charge in [-0.25, -0.2) is 0 Å². The van der Waals surface area contributed by atoms with Crippen molar-refractivity contribution in [1.82, 2.24) is 5.48 Å². The molecule has 17 heavy (non-hydrogen) atoms. The third kappa shape index (κ3) is 4.48. The first-order valence-electron chi connectivity index (χ1n) is 5.22. The maximum Gasteiger partial charge on any atom is 0.272 e. The summed E-state index contributed by atoms with van der Waals surface area (Å²) in [6, 6.07) is 5.10. The molecule has 0 spiro atoms. The molecule has 1 aromatic carbocycles. The number of rotatable bonds is 7. The lowest BCUT2D eigenvalue weighted by molar-refractivity contribution is -0.385. The Labute approximate surface area is 99.6 Å². The molecule has 1 aromatic rings. The Bertz CT molecular complexity index is 382. The number of methoxy groups -OCH3 is 1. The van der Waals surface area contributed by atoms with Gasteiger partial charge in [0.05, 0.1) is 18.1 Å². The van der Waals surface area contributed by atoms with E-state index in [0.29, 0.717) is 25.3 Å². The van der Waals surface area contributed by atoms with Gasteiger partial charge in [0.15, 0.2) is 0 Å². The van der Waals surface area contributed by atoms with Crippen LogP contribution in [0.3, 0.4) is 0 Å². The standard InChI is InChI=1S/C11H16N2O4/c1-9-3-4-10(7-11(9)13(14)15)8-12-17-6-5-16-2/h3-4,7,12H,5-6,8H2,1-2H3. The highest BCUT2D eigenvalue weighted by atomic mass is 16.7. The van der Waals surface area contributed by atoms with Gasteiger partial charge < -0.3 is 4.74 Å². The van der Waals surface area contributed by atoms with Crippen molar-refractivity contribution in [2.75, 3.05) is 20.3 Å². The van der Waals surface area contributed by atoms with E-state index in [9.17, 15) is 10.1 Å². The van der Waals surface area contributed by atoms with Crippen molar-refractivity contribution in [3.8, 4) is 0 Å². The largest absolute Gasteiger partial charge is 0.382 e. The van der Waals surface area contributed by atoms with Gasteiger partial charge in [-0.05, 0) is 12.5 Å². The average molecular weight is 240 g/mol. The van der Waals surface area contributed by atoms with E-state index in [2.05, 4.69) is 5.48 Å². The molecule has 0 aliphatic carbocycles. The highest BCUT2D eigenvalue weighted by molar-refractivity contribution is 5.42. The molecule has 0 heterocycles. The van der Waals surface area contributed by atoms with Crippen LogP contribution in [0.25, 0.3) is 0 Å². The monoisotopic (exact) mass is 240 g/mol. The number of nitro benzene ring substituents is 1. The molecule has 0 bridgehead atoms. The number of hydrogen-bond donors (Lipinski definition) is 1. The van der Waals surface area contributed by atoms with Crippen LogP contribution in [0.15, 0.2) is 18.2 Å². The maximum atomic E-state index is 10.7. The topological polar surface area (TPSA) is 73.6 Å². The summed E-state index contributed by atoms with van der Waals surface area (Å²) in [4.78, 5) is 15.4. The average Bonchev–Trinajstić information content (AvgIpc) is 2.30. The van der Waals surface area contributed by atoms with Crippen molar-refractivity contribution in [2.45, 2.75) is 13.5 Å². The van der Waals surface area contributed by atoms with Crippen LogP contribution in [-0.4, -0.2) is 25.2 Å². The fourth-order valence-electron chi connectivity index (χ4n) is 1.29. The molecular formula is C11H16N2O4. The normalized spacial score (nSPS) is 10.5. The second-order valence-electron chi connectivity index (χ2n) is 3.54. The van der Waals surface area contributed by atoms with Crippen LogP contribution in [0.4, 0.5) is 5.69 Å². The molecule has 0 radical (unpaired) electrons. The SMILES string of the molecule is COCCONCc1ccc(C)c([N+](=O)[O-])c1. The Morgan fingerprint density at radius 3 is 2.82 bits per heavy atom. The van der Waals surface area contributed by atoms with Crippen LogP contribution >= 0.6 is 0 Å². The van der Waals surface area contributed by atoms with Crippen molar-refractivity contribution in [3.63, 3.8) is 0 Å². The van der Waals surface area contributed by atoms with Crippen molar-refractivity contribution < 1.29 is 14.5 Å². The lowest BCUT2D eigenvalue weighted by Crippen LogP contribution is -2.17. The van der Waals surface area contributed by atoms with Gasteiger partial charge in [0, 0.05) is 25.3 Å². The molecule has 0 amide bonds. The number of nitrogens with zero attached hydrogens (tertiary/aromatic N) is 1. The predicted octanol–water partition coefficient (Wildman–Crippen LogP) is 1.57. The molecule has 0 aliphatic heterocycles. The Hall–Kier alpha value is -1.50. The Morgan fingerprint density at radius 1 is 1.41 bits per heavy atom. The van der Waals surface area contributed by atoms with Gasteiger partial charge in [-0.3, -0.25) is 15.0 Å². The molecule has 6 nitrogen and oxygen atoms in total. The van der Waals surface area contributed by atoms with Gasteiger partial charge >= 0.3 is 0 Å². The van der Waals surface area contributed by atoms with E-state index in [0.717, 1.165) is 5.56 Å². The van der Waals surface area contributed by atoms with Crippen LogP contribution in [-0.2, 0) is 16.1 Å². The van der Waals surface area contributed by atoms with Gasteiger partial charge in [0.1, 0.15) is 0 Å². The maximum absolute atomic E-state index is 10.7. The van der Waals surface area contributed by atoms with E-state index in [4.69, 9.17) is 9.57 Å². The highest BCUT2D eigenvalue weighted by Crippen LogP contribution is 2.18. The molecule has 0 fully saturated rings. The van der Waals surface area contributed by atoms with E-state index in [-0.39, 0.29) is 10.6 Å². The molecule has 0 unspecified atom stereocenters. The zero-order valence-electron chi connectivity index (χ0n) is 9.93. The van der Waals surface area contributed by atoms with Crippen LogP contribution in [0.1, 0.15) is 11.1 Å². The number of ether oxygens (including phenoxy) is 1. The van der Waals surface area contributed by atoms with Crippen LogP contribution in [0, 0.1) is 17.0 Å². The van der Waals surface area contributed by atoms with Gasteiger partial charge in [0.2, 0.25) is 0 Å². The molecule has 0 aliphatic rings. The Kier molecular flexibility index (Phi) is 5.55. The quantitative estimate of drug-likeness (QED) is 0.445. The predicted molar refractivity (Wildman–Crippen MR) is 62.5 cm³/mol. The fraction of sp³-hybridized carbons (Fsp3) is 0.455. The molecule has 0 atom stereocenters. The zero-order chi connectivity index (χ0) is 12.7. The fourth-order valence-corrected chi connectivity index (χ4v) is 1.29. The van der Waals surface area contributed by atoms with Crippen molar-refractivity contribution in [2.24, 2.45) is 0 Å². The number of hydrogen-bond acceptors (Lipinski definition) is 5. The van der Waals surface area contributed by atoms with E-state index in [1.165, 1.54) is 0 Å². The second kappa shape index (κ2) is 6.95. The summed E-state index contributed by atoms with van der Waals surface area (Å²) in [7, 11) is 1.59. The summed E-state index contributed by atoms with van der Waals surface area (Å²) in [6.07, 6.45) is 0. The number of aryl methyl sites for hydroxylation is 1. The van der Waals surface area contributed by atoms with Crippen molar-refractivity contribution >= 4 is 5.69 Å². The molecule has 0 saturated carbocycles. The minimum Gasteiger partial charge on any atom is -0.382 e. The lowest BCUT2D eigenvalue weighted by Gasteiger charge is -2.06. The second-order valence-corrected chi connectivity index (χ2v) is 3.54. The molecule has 94 valence electrons. The first-order chi connectivity index (χ1) is 8.15. The minimum atomic E-state index is -0.384. The molecular weight excluding hydrogens is 224 g/mol. The number of hydroxylamine groups is 1. The van der Waals surface area contributed by atoms with Gasteiger partial charge in [-0.2, -0.15) is 5.48 Å². The zero-order valence-corrected chi connectivity index (χ0v) is 9.93.